The molecule has 1 heterocycles. The highest BCUT2D eigenvalue weighted by Crippen LogP contribution is 2.29. The number of benzene rings is 1. The first-order chi connectivity index (χ1) is 9.71. The lowest BCUT2D eigenvalue weighted by Crippen LogP contribution is -2.11. The van der Waals surface area contributed by atoms with E-state index in [0.29, 0.717) is 11.5 Å². The number of thiazole rings is 1. The van der Waals surface area contributed by atoms with Gasteiger partial charge in [0.15, 0.2) is 11.5 Å². The van der Waals surface area contributed by atoms with Gasteiger partial charge in [-0.3, -0.25) is 4.99 Å². The molecule has 0 N–H and O–H groups in total. The van der Waals surface area contributed by atoms with E-state index < -0.39 is 0 Å². The van der Waals surface area contributed by atoms with Crippen LogP contribution in [0.15, 0.2) is 33.7 Å². The van der Waals surface area contributed by atoms with Crippen LogP contribution in [0.5, 0.6) is 11.5 Å². The molecule has 0 radical (unpaired) electrons. The Morgan fingerprint density at radius 1 is 1.25 bits per heavy atom. The second-order valence-corrected chi connectivity index (χ2v) is 4.86. The van der Waals surface area contributed by atoms with E-state index in [1.807, 2.05) is 30.5 Å². The fourth-order valence-corrected chi connectivity index (χ4v) is 2.58. The van der Waals surface area contributed by atoms with E-state index in [4.69, 9.17) is 9.47 Å². The van der Waals surface area contributed by atoms with Gasteiger partial charge in [0, 0.05) is 18.0 Å². The van der Waals surface area contributed by atoms with Crippen molar-refractivity contribution in [2.45, 2.75) is 6.92 Å². The van der Waals surface area contributed by atoms with E-state index in [1.165, 1.54) is 0 Å². The molecule has 106 valence electrons. The van der Waals surface area contributed by atoms with Crippen molar-refractivity contribution in [3.63, 3.8) is 0 Å². The number of rotatable bonds is 4. The van der Waals surface area contributed by atoms with Crippen LogP contribution in [-0.4, -0.2) is 32.2 Å². The van der Waals surface area contributed by atoms with Crippen molar-refractivity contribution >= 4 is 17.6 Å². The maximum absolute atomic E-state index is 5.38. The Morgan fingerprint density at radius 2 is 2.05 bits per heavy atom. The number of para-hydroxylation sites is 1. The molecule has 1 aromatic carbocycles. The highest BCUT2D eigenvalue weighted by molar-refractivity contribution is 7.07. The summed E-state index contributed by atoms with van der Waals surface area (Å²) in [6.45, 7) is 1.99. The molecule has 0 spiro atoms. The molecule has 0 saturated carbocycles. The van der Waals surface area contributed by atoms with Crippen molar-refractivity contribution in [3.05, 3.63) is 39.6 Å². The number of aromatic nitrogens is 1. The second-order valence-electron chi connectivity index (χ2n) is 4.02. The zero-order valence-corrected chi connectivity index (χ0v) is 12.8. The summed E-state index contributed by atoms with van der Waals surface area (Å²) in [6.07, 6.45) is 1.75. The summed E-state index contributed by atoms with van der Waals surface area (Å²) < 4.78 is 12.4. The summed E-state index contributed by atoms with van der Waals surface area (Å²) in [7, 11) is 4.99. The van der Waals surface area contributed by atoms with Crippen LogP contribution in [0.25, 0.3) is 0 Å². The lowest BCUT2D eigenvalue weighted by atomic mass is 10.2. The maximum atomic E-state index is 5.38. The predicted molar refractivity (Wildman–Crippen MR) is 81.1 cm³/mol. The summed E-state index contributed by atoms with van der Waals surface area (Å²) >= 11 is 1.56. The lowest BCUT2D eigenvalue weighted by molar-refractivity contribution is 0.354. The van der Waals surface area contributed by atoms with Crippen molar-refractivity contribution in [1.29, 1.82) is 0 Å². The molecular formula is C14H17N3O2S. The molecule has 0 bridgehead atoms. The molecule has 0 saturated heterocycles. The van der Waals surface area contributed by atoms with E-state index in [2.05, 4.69) is 10.1 Å². The minimum atomic E-state index is 0.669. The Hall–Kier alpha value is -2.08. The maximum Gasteiger partial charge on any atom is 0.205 e. The molecule has 2 rings (SSSR count). The van der Waals surface area contributed by atoms with Crippen LogP contribution in [0.3, 0.4) is 0 Å². The van der Waals surface area contributed by atoms with Gasteiger partial charge in [0.25, 0.3) is 0 Å². The van der Waals surface area contributed by atoms with Crippen molar-refractivity contribution < 1.29 is 9.47 Å². The number of ether oxygens (including phenoxy) is 2. The Morgan fingerprint density at radius 3 is 2.70 bits per heavy atom. The number of nitrogens with zero attached hydrogens (tertiary/aromatic N) is 3. The number of aryl methyl sites for hydroxylation is 1. The molecule has 0 fully saturated rings. The van der Waals surface area contributed by atoms with E-state index >= 15 is 0 Å². The lowest BCUT2D eigenvalue weighted by Gasteiger charge is -2.09. The molecule has 0 unspecified atom stereocenters. The van der Waals surface area contributed by atoms with Gasteiger partial charge < -0.3 is 9.47 Å². The molecule has 20 heavy (non-hydrogen) atoms. The van der Waals surface area contributed by atoms with Crippen LogP contribution < -0.4 is 14.3 Å². The summed E-state index contributed by atoms with van der Waals surface area (Å²) in [5.41, 5.74) is 1.89. The SMILES string of the molecule is CN=c1scc(C)n1/N=C/c1cccc(OC)c1OC. The fourth-order valence-electron chi connectivity index (χ4n) is 1.81. The van der Waals surface area contributed by atoms with Gasteiger partial charge >= 0.3 is 0 Å². The number of hydrogen-bond donors (Lipinski definition) is 0. The first-order valence-corrected chi connectivity index (χ1v) is 6.94. The van der Waals surface area contributed by atoms with Gasteiger partial charge in [-0.25, -0.2) is 4.68 Å². The van der Waals surface area contributed by atoms with Gasteiger partial charge in [-0.05, 0) is 19.1 Å². The zero-order chi connectivity index (χ0) is 14.5. The summed E-state index contributed by atoms with van der Waals surface area (Å²) in [5, 5.41) is 6.48. The summed E-state index contributed by atoms with van der Waals surface area (Å²) in [4.78, 5) is 5.04. The van der Waals surface area contributed by atoms with Gasteiger partial charge in [0.2, 0.25) is 4.80 Å². The fraction of sp³-hybridized carbons (Fsp3) is 0.286. The van der Waals surface area contributed by atoms with E-state index in [0.717, 1.165) is 16.1 Å². The average Bonchev–Trinajstić information content (AvgIpc) is 2.84. The molecule has 0 amide bonds. The Labute approximate surface area is 121 Å². The van der Waals surface area contributed by atoms with E-state index in [1.54, 1.807) is 43.5 Å². The van der Waals surface area contributed by atoms with Crippen LogP contribution >= 0.6 is 11.3 Å². The van der Waals surface area contributed by atoms with Crippen LogP contribution in [0.2, 0.25) is 0 Å². The molecule has 0 atom stereocenters. The second kappa shape index (κ2) is 6.38. The Kier molecular flexibility index (Phi) is 4.57. The number of hydrogen-bond acceptors (Lipinski definition) is 5. The van der Waals surface area contributed by atoms with Crippen LogP contribution in [0.1, 0.15) is 11.3 Å². The normalized spacial score (nSPS) is 12.1. The Bertz CT molecular complexity index is 686. The molecule has 0 aliphatic heterocycles. The molecule has 0 aliphatic rings. The molecular weight excluding hydrogens is 274 g/mol. The molecule has 6 heteroatoms. The molecule has 2 aromatic rings. The van der Waals surface area contributed by atoms with Gasteiger partial charge in [-0.1, -0.05) is 6.07 Å². The molecule has 5 nitrogen and oxygen atoms in total. The van der Waals surface area contributed by atoms with Crippen molar-refractivity contribution in [3.8, 4) is 11.5 Å². The topological polar surface area (TPSA) is 48.1 Å². The average molecular weight is 291 g/mol. The zero-order valence-electron chi connectivity index (χ0n) is 12.0. The van der Waals surface area contributed by atoms with Crippen molar-refractivity contribution in [2.75, 3.05) is 21.3 Å². The third kappa shape index (κ3) is 2.75. The summed E-state index contributed by atoms with van der Waals surface area (Å²) in [5.74, 6) is 1.35. The highest BCUT2D eigenvalue weighted by atomic mass is 32.1. The van der Waals surface area contributed by atoms with Crippen LogP contribution in [0.4, 0.5) is 0 Å². The number of methoxy groups -OCH3 is 2. The third-order valence-corrected chi connectivity index (χ3v) is 3.81. The minimum Gasteiger partial charge on any atom is -0.493 e. The monoisotopic (exact) mass is 291 g/mol. The Balaban J connectivity index is 2.44. The molecule has 0 aliphatic carbocycles. The predicted octanol–water partition coefficient (Wildman–Crippen LogP) is 2.29. The summed E-state index contributed by atoms with van der Waals surface area (Å²) in [6, 6.07) is 5.68. The largest absolute Gasteiger partial charge is 0.493 e. The first kappa shape index (κ1) is 14.3. The standard InChI is InChI=1S/C14H17N3O2S/c1-10-9-20-14(15-2)17(10)16-8-11-6-5-7-12(18-3)13(11)19-4/h5-9H,1-4H3/b15-14?,16-8+. The van der Waals surface area contributed by atoms with E-state index in [9.17, 15) is 0 Å². The van der Waals surface area contributed by atoms with Crippen molar-refractivity contribution in [2.24, 2.45) is 10.1 Å². The molecule has 1 aromatic heterocycles. The van der Waals surface area contributed by atoms with Gasteiger partial charge in [-0.15, -0.1) is 11.3 Å². The minimum absolute atomic E-state index is 0.669. The first-order valence-electron chi connectivity index (χ1n) is 6.06. The van der Waals surface area contributed by atoms with Gasteiger partial charge in [0.05, 0.1) is 26.1 Å². The van der Waals surface area contributed by atoms with E-state index in [-0.39, 0.29) is 0 Å². The van der Waals surface area contributed by atoms with Crippen LogP contribution in [0, 0.1) is 6.92 Å². The van der Waals surface area contributed by atoms with Gasteiger partial charge in [-0.2, -0.15) is 5.10 Å². The third-order valence-electron chi connectivity index (χ3n) is 2.79. The van der Waals surface area contributed by atoms with Crippen molar-refractivity contribution in [1.82, 2.24) is 4.68 Å². The van der Waals surface area contributed by atoms with Crippen LogP contribution in [-0.2, 0) is 0 Å². The smallest absolute Gasteiger partial charge is 0.205 e. The van der Waals surface area contributed by atoms with Gasteiger partial charge in [0.1, 0.15) is 0 Å². The highest BCUT2D eigenvalue weighted by Gasteiger charge is 2.07. The quantitative estimate of drug-likeness (QED) is 0.811.